The van der Waals surface area contributed by atoms with Crippen LogP contribution < -0.4 is 15.8 Å². The normalized spacial score (nSPS) is 12.8. The number of hydrogen-bond acceptors (Lipinski definition) is 3. The number of carbonyl (C=O) groups is 2. The van der Waals surface area contributed by atoms with Crippen molar-refractivity contribution < 1.29 is 31.9 Å². The number of methoxy groups -OCH3 is 1. The van der Waals surface area contributed by atoms with E-state index in [0.717, 1.165) is 5.56 Å². The molecule has 5 nitrogen and oxygen atoms in total. The van der Waals surface area contributed by atoms with Crippen LogP contribution in [0.5, 0.6) is 0 Å². The number of rotatable bonds is 9. The molecule has 2 N–H and O–H groups in total. The van der Waals surface area contributed by atoms with Crippen LogP contribution in [0.3, 0.4) is 0 Å². The van der Waals surface area contributed by atoms with E-state index in [2.05, 4.69) is 10.6 Å². The second-order valence-electron chi connectivity index (χ2n) is 8.72. The van der Waals surface area contributed by atoms with Gasteiger partial charge in [0.15, 0.2) is 0 Å². The number of halogens is 4. The van der Waals surface area contributed by atoms with Crippen molar-refractivity contribution in [1.82, 2.24) is 5.32 Å². The molecular weight excluding hydrogens is 456 g/mol. The molecule has 0 spiro atoms. The van der Waals surface area contributed by atoms with Crippen molar-refractivity contribution in [3.05, 3.63) is 59.4 Å². The molecule has 2 aromatic carbocycles. The Morgan fingerprint density at radius 1 is 1.06 bits per heavy atom. The smallest absolute Gasteiger partial charge is 0.380 e. The van der Waals surface area contributed by atoms with Crippen molar-refractivity contribution in [2.24, 2.45) is 0 Å². The van der Waals surface area contributed by atoms with Gasteiger partial charge in [-0.3, -0.25) is 9.59 Å². The fraction of sp³-hybridized carbons (Fsp3) is 0.391. The number of nitrogens with one attached hydrogen (secondary N) is 2. The number of amides is 2. The SMILES string of the molecule is COCc1ccc([C@@H](NC(=O)CCC(F)(F)F)C(=O)Nc2ccc([Si](C)(C)C)c(F)c2)cc1. The number of hydrogen-bond donors (Lipinski definition) is 2. The van der Waals surface area contributed by atoms with Gasteiger partial charge in [0.2, 0.25) is 5.91 Å². The third-order valence-corrected chi connectivity index (χ3v) is 6.89. The minimum atomic E-state index is -4.49. The van der Waals surface area contributed by atoms with E-state index in [-0.39, 0.29) is 5.69 Å². The molecule has 0 saturated carbocycles. The van der Waals surface area contributed by atoms with Crippen molar-refractivity contribution in [2.45, 2.75) is 51.3 Å². The van der Waals surface area contributed by atoms with Crippen LogP contribution in [-0.4, -0.2) is 33.2 Å². The highest BCUT2D eigenvalue weighted by atomic mass is 28.3. The van der Waals surface area contributed by atoms with Crippen LogP contribution in [0.25, 0.3) is 0 Å². The third kappa shape index (κ3) is 8.28. The lowest BCUT2D eigenvalue weighted by Crippen LogP contribution is -2.40. The van der Waals surface area contributed by atoms with E-state index in [9.17, 15) is 27.2 Å². The average Bonchev–Trinajstić information content (AvgIpc) is 2.70. The summed E-state index contributed by atoms with van der Waals surface area (Å²) in [6, 6.07) is 9.66. The van der Waals surface area contributed by atoms with Gasteiger partial charge in [-0.1, -0.05) is 50.0 Å². The van der Waals surface area contributed by atoms with E-state index in [0.29, 0.717) is 17.4 Å². The van der Waals surface area contributed by atoms with Crippen LogP contribution in [0.2, 0.25) is 19.6 Å². The van der Waals surface area contributed by atoms with E-state index in [4.69, 9.17) is 4.74 Å². The van der Waals surface area contributed by atoms with Gasteiger partial charge in [0, 0.05) is 19.2 Å². The van der Waals surface area contributed by atoms with Gasteiger partial charge in [0.05, 0.1) is 21.1 Å². The Bertz CT molecular complexity index is 973. The Morgan fingerprint density at radius 3 is 2.21 bits per heavy atom. The molecule has 0 radical (unpaired) electrons. The third-order valence-electron chi connectivity index (χ3n) is 4.87. The van der Waals surface area contributed by atoms with E-state index in [1.807, 2.05) is 19.6 Å². The monoisotopic (exact) mass is 484 g/mol. The zero-order valence-electron chi connectivity index (χ0n) is 19.0. The number of anilines is 1. The summed E-state index contributed by atoms with van der Waals surface area (Å²) in [5.41, 5.74) is 1.37. The molecule has 0 aromatic heterocycles. The molecule has 1 atom stereocenters. The van der Waals surface area contributed by atoms with E-state index < -0.39 is 50.8 Å². The van der Waals surface area contributed by atoms with Gasteiger partial charge in [0.1, 0.15) is 11.9 Å². The van der Waals surface area contributed by atoms with Crippen molar-refractivity contribution >= 4 is 30.8 Å². The first kappa shape index (κ1) is 26.5. The lowest BCUT2D eigenvalue weighted by Gasteiger charge is -2.21. The molecule has 0 heterocycles. The second-order valence-corrected chi connectivity index (χ2v) is 13.8. The molecule has 2 rings (SSSR count). The zero-order chi connectivity index (χ0) is 24.8. The van der Waals surface area contributed by atoms with Gasteiger partial charge >= 0.3 is 6.18 Å². The summed E-state index contributed by atoms with van der Waals surface area (Å²) in [4.78, 5) is 25.1. The average molecular weight is 485 g/mol. The van der Waals surface area contributed by atoms with Crippen LogP contribution in [-0.2, 0) is 20.9 Å². The number of alkyl halides is 3. The van der Waals surface area contributed by atoms with Crippen molar-refractivity contribution in [3.8, 4) is 0 Å². The van der Waals surface area contributed by atoms with E-state index >= 15 is 0 Å². The maximum absolute atomic E-state index is 14.6. The van der Waals surface area contributed by atoms with Crippen LogP contribution in [0.15, 0.2) is 42.5 Å². The highest BCUT2D eigenvalue weighted by Crippen LogP contribution is 2.23. The van der Waals surface area contributed by atoms with Crippen molar-refractivity contribution in [1.29, 1.82) is 0 Å². The Hall–Kier alpha value is -2.72. The molecule has 10 heteroatoms. The molecule has 0 fully saturated rings. The first-order valence-corrected chi connectivity index (χ1v) is 13.8. The van der Waals surface area contributed by atoms with E-state index in [1.54, 1.807) is 36.4 Å². The summed E-state index contributed by atoms with van der Waals surface area (Å²) in [7, 11) is -0.395. The lowest BCUT2D eigenvalue weighted by atomic mass is 10.0. The summed E-state index contributed by atoms with van der Waals surface area (Å²) in [6.07, 6.45) is -6.61. The molecule has 180 valence electrons. The maximum atomic E-state index is 14.6. The van der Waals surface area contributed by atoms with Crippen molar-refractivity contribution in [2.75, 3.05) is 12.4 Å². The Balaban J connectivity index is 2.25. The first-order valence-electron chi connectivity index (χ1n) is 10.3. The van der Waals surface area contributed by atoms with E-state index in [1.165, 1.54) is 13.2 Å². The summed E-state index contributed by atoms with van der Waals surface area (Å²) < 4.78 is 57.1. The summed E-state index contributed by atoms with van der Waals surface area (Å²) in [5, 5.41) is 5.51. The largest absolute Gasteiger partial charge is 0.389 e. The topological polar surface area (TPSA) is 67.4 Å². The molecule has 0 aliphatic heterocycles. The molecule has 0 saturated heterocycles. The Labute approximate surface area is 191 Å². The van der Waals surface area contributed by atoms with Crippen LogP contribution in [0.4, 0.5) is 23.2 Å². The second kappa shape index (κ2) is 10.9. The minimum absolute atomic E-state index is 0.185. The quantitative estimate of drug-likeness (QED) is 0.402. The molecule has 0 aliphatic carbocycles. The highest BCUT2D eigenvalue weighted by Gasteiger charge is 2.30. The molecule has 0 aliphatic rings. The molecule has 0 unspecified atom stereocenters. The zero-order valence-corrected chi connectivity index (χ0v) is 20.0. The first-order chi connectivity index (χ1) is 15.3. The fourth-order valence-electron chi connectivity index (χ4n) is 3.18. The van der Waals surface area contributed by atoms with Gasteiger partial charge in [-0.2, -0.15) is 13.2 Å². The summed E-state index contributed by atoms with van der Waals surface area (Å²) >= 11 is 0. The van der Waals surface area contributed by atoms with Gasteiger partial charge in [-0.05, 0) is 28.4 Å². The Kier molecular flexibility index (Phi) is 8.79. The summed E-state index contributed by atoms with van der Waals surface area (Å²) in [5.74, 6) is -2.06. The standard InChI is InChI=1S/C23H28F4N2O3Si/c1-32-14-15-5-7-16(8-6-15)21(29-20(30)11-12-23(25,26)27)22(31)28-17-9-10-19(18(24)13-17)33(2,3)4/h5-10,13,21H,11-12,14H2,1-4H3,(H,28,31)(H,29,30)/t21-/m1/s1. The predicted octanol–water partition coefficient (Wildman–Crippen LogP) is 4.66. The maximum Gasteiger partial charge on any atom is 0.389 e. The predicted molar refractivity (Wildman–Crippen MR) is 121 cm³/mol. The molecule has 33 heavy (non-hydrogen) atoms. The summed E-state index contributed by atoms with van der Waals surface area (Å²) in [6.45, 7) is 6.30. The van der Waals surface area contributed by atoms with Crippen molar-refractivity contribution in [3.63, 3.8) is 0 Å². The molecular formula is C23H28F4N2O3Si. The molecule has 2 amide bonds. The van der Waals surface area contributed by atoms with Crippen LogP contribution in [0, 0.1) is 5.82 Å². The Morgan fingerprint density at radius 2 is 1.70 bits per heavy atom. The number of carbonyl (C=O) groups excluding carboxylic acids is 2. The van der Waals surface area contributed by atoms with Gasteiger partial charge in [0.25, 0.3) is 5.91 Å². The van der Waals surface area contributed by atoms with Crippen LogP contribution in [0.1, 0.15) is 30.0 Å². The molecule has 2 aromatic rings. The molecule has 0 bridgehead atoms. The number of ether oxygens (including phenoxy) is 1. The number of benzene rings is 2. The highest BCUT2D eigenvalue weighted by molar-refractivity contribution is 6.88. The lowest BCUT2D eigenvalue weighted by molar-refractivity contribution is -0.144. The van der Waals surface area contributed by atoms with Gasteiger partial charge in [-0.25, -0.2) is 4.39 Å². The van der Waals surface area contributed by atoms with Crippen LogP contribution >= 0.6 is 0 Å². The minimum Gasteiger partial charge on any atom is -0.380 e. The fourth-order valence-corrected chi connectivity index (χ4v) is 4.55. The van der Waals surface area contributed by atoms with Gasteiger partial charge in [-0.15, -0.1) is 0 Å². The van der Waals surface area contributed by atoms with Gasteiger partial charge < -0.3 is 15.4 Å².